The fraction of sp³-hybridized carbons (Fsp3) is 0.667. The van der Waals surface area contributed by atoms with Gasteiger partial charge in [-0.2, -0.15) is 0 Å². The van der Waals surface area contributed by atoms with Crippen LogP contribution >= 0.6 is 0 Å². The zero-order chi connectivity index (χ0) is 17.6. The summed E-state index contributed by atoms with van der Waals surface area (Å²) in [7, 11) is 0. The Balaban J connectivity index is 2.74. The quantitative estimate of drug-likeness (QED) is 0.799. The van der Waals surface area contributed by atoms with Gasteiger partial charge in [0.15, 0.2) is 0 Å². The Labute approximate surface area is 139 Å². The molecule has 0 unspecified atom stereocenters. The van der Waals surface area contributed by atoms with Crippen LogP contribution in [0.2, 0.25) is 0 Å². The van der Waals surface area contributed by atoms with Crippen molar-refractivity contribution in [3.8, 4) is 0 Å². The molecule has 0 saturated heterocycles. The molecule has 0 saturated carbocycles. The van der Waals surface area contributed by atoms with Crippen molar-refractivity contribution in [3.05, 3.63) is 23.2 Å². The van der Waals surface area contributed by atoms with Crippen LogP contribution in [-0.2, 0) is 4.79 Å². The number of carbonyl (C=O) groups excluding carboxylic acids is 2. The monoisotopic (exact) mass is 322 g/mol. The predicted molar refractivity (Wildman–Crippen MR) is 91.4 cm³/mol. The molecule has 1 aromatic rings. The third-order valence-electron chi connectivity index (χ3n) is 3.77. The number of hydrogen-bond donors (Lipinski definition) is 1. The first kappa shape index (κ1) is 19.3. The maximum absolute atomic E-state index is 12.7. The smallest absolute Gasteiger partial charge is 0.257 e. The highest BCUT2D eigenvalue weighted by Crippen LogP contribution is 2.17. The van der Waals surface area contributed by atoms with Gasteiger partial charge in [-0.15, -0.1) is 0 Å². The molecule has 1 heterocycles. The topological polar surface area (TPSA) is 62.6 Å². The van der Waals surface area contributed by atoms with Crippen LogP contribution in [0, 0.1) is 19.8 Å². The average Bonchev–Trinajstić information content (AvgIpc) is 2.80. The van der Waals surface area contributed by atoms with E-state index in [0.717, 1.165) is 12.2 Å². The first-order chi connectivity index (χ1) is 10.7. The fourth-order valence-corrected chi connectivity index (χ4v) is 2.42. The Hall–Kier alpha value is -1.78. The minimum absolute atomic E-state index is 0.0130. The molecule has 1 aromatic heterocycles. The number of carbonyl (C=O) groups is 2. The lowest BCUT2D eigenvalue weighted by Gasteiger charge is -2.24. The molecule has 0 aromatic carbocycles. The van der Waals surface area contributed by atoms with E-state index < -0.39 is 0 Å². The van der Waals surface area contributed by atoms with Gasteiger partial charge in [-0.1, -0.05) is 20.8 Å². The van der Waals surface area contributed by atoms with Crippen molar-refractivity contribution >= 4 is 11.8 Å². The van der Waals surface area contributed by atoms with Crippen LogP contribution < -0.4 is 5.32 Å². The zero-order valence-corrected chi connectivity index (χ0v) is 15.2. The second-order valence-corrected chi connectivity index (χ2v) is 6.60. The van der Waals surface area contributed by atoms with Crippen LogP contribution in [0.4, 0.5) is 0 Å². The number of furan rings is 1. The molecule has 5 heteroatoms. The van der Waals surface area contributed by atoms with E-state index in [1.54, 1.807) is 17.9 Å². The molecular formula is C18H30N2O3. The molecule has 0 radical (unpaired) electrons. The molecule has 130 valence electrons. The summed E-state index contributed by atoms with van der Waals surface area (Å²) in [6, 6.07) is 1.93. The molecular weight excluding hydrogens is 292 g/mol. The first-order valence-corrected chi connectivity index (χ1v) is 8.40. The summed E-state index contributed by atoms with van der Waals surface area (Å²) in [6.07, 6.45) is 1.21. The van der Waals surface area contributed by atoms with Crippen LogP contribution in [0.15, 0.2) is 10.5 Å². The maximum atomic E-state index is 12.7. The lowest BCUT2D eigenvalue weighted by Crippen LogP contribution is -2.39. The predicted octanol–water partition coefficient (Wildman–Crippen LogP) is 3.30. The van der Waals surface area contributed by atoms with Crippen molar-refractivity contribution in [1.82, 2.24) is 10.2 Å². The molecule has 1 N–H and O–H groups in total. The third kappa shape index (κ3) is 6.08. The second-order valence-electron chi connectivity index (χ2n) is 6.60. The summed E-state index contributed by atoms with van der Waals surface area (Å²) >= 11 is 0. The van der Waals surface area contributed by atoms with Crippen molar-refractivity contribution in [2.75, 3.05) is 13.1 Å². The van der Waals surface area contributed by atoms with E-state index in [1.807, 2.05) is 20.8 Å². The lowest BCUT2D eigenvalue weighted by atomic mass is 10.1. The highest BCUT2D eigenvalue weighted by atomic mass is 16.3. The van der Waals surface area contributed by atoms with E-state index in [2.05, 4.69) is 19.2 Å². The normalized spacial score (nSPS) is 12.3. The Morgan fingerprint density at radius 3 is 2.39 bits per heavy atom. The summed E-state index contributed by atoms with van der Waals surface area (Å²) in [5, 5.41) is 2.94. The van der Waals surface area contributed by atoms with Gasteiger partial charge in [-0.05, 0) is 39.2 Å². The molecule has 0 aliphatic carbocycles. The molecule has 0 fully saturated rings. The Morgan fingerprint density at radius 2 is 1.91 bits per heavy atom. The standard InChI is InChI=1S/C18H30N2O3/c1-7-13(4)19-17(21)8-9-20(11-12(2)3)18(22)16-10-14(5)23-15(16)6/h10,12-13H,7-9,11H2,1-6H3,(H,19,21)/t13-/m1/s1. The lowest BCUT2D eigenvalue weighted by molar-refractivity contribution is -0.121. The van der Waals surface area contributed by atoms with Crippen LogP contribution in [0.25, 0.3) is 0 Å². The molecule has 0 spiro atoms. The fourth-order valence-electron chi connectivity index (χ4n) is 2.42. The SMILES string of the molecule is CC[C@@H](C)NC(=O)CCN(CC(C)C)C(=O)c1cc(C)oc1C. The summed E-state index contributed by atoms with van der Waals surface area (Å²) < 4.78 is 5.46. The van der Waals surface area contributed by atoms with Crippen molar-refractivity contribution in [3.63, 3.8) is 0 Å². The minimum Gasteiger partial charge on any atom is -0.466 e. The van der Waals surface area contributed by atoms with Crippen LogP contribution in [0.3, 0.4) is 0 Å². The number of nitrogens with zero attached hydrogens (tertiary/aromatic N) is 1. The Morgan fingerprint density at radius 1 is 1.26 bits per heavy atom. The van der Waals surface area contributed by atoms with Gasteiger partial charge >= 0.3 is 0 Å². The van der Waals surface area contributed by atoms with Crippen LogP contribution in [0.5, 0.6) is 0 Å². The minimum atomic E-state index is -0.0654. The highest BCUT2D eigenvalue weighted by Gasteiger charge is 2.22. The van der Waals surface area contributed by atoms with Crippen molar-refractivity contribution in [2.45, 2.75) is 60.4 Å². The summed E-state index contributed by atoms with van der Waals surface area (Å²) in [6.45, 7) is 12.8. The Kier molecular flexibility index (Phi) is 7.33. The largest absolute Gasteiger partial charge is 0.466 e. The highest BCUT2D eigenvalue weighted by molar-refractivity contribution is 5.95. The van der Waals surface area contributed by atoms with Gasteiger partial charge in [0.2, 0.25) is 5.91 Å². The molecule has 0 bridgehead atoms. The number of aryl methyl sites for hydroxylation is 2. The summed E-state index contributed by atoms with van der Waals surface area (Å²) in [4.78, 5) is 26.5. The van der Waals surface area contributed by atoms with Crippen LogP contribution in [0.1, 0.15) is 62.4 Å². The second kappa shape index (κ2) is 8.75. The zero-order valence-electron chi connectivity index (χ0n) is 15.2. The molecule has 23 heavy (non-hydrogen) atoms. The van der Waals surface area contributed by atoms with E-state index in [9.17, 15) is 9.59 Å². The van der Waals surface area contributed by atoms with E-state index in [4.69, 9.17) is 4.42 Å². The van der Waals surface area contributed by atoms with Crippen molar-refractivity contribution < 1.29 is 14.0 Å². The van der Waals surface area contributed by atoms with Gasteiger partial charge in [-0.3, -0.25) is 9.59 Å². The van der Waals surface area contributed by atoms with Gasteiger partial charge in [0, 0.05) is 25.6 Å². The summed E-state index contributed by atoms with van der Waals surface area (Å²) in [5.41, 5.74) is 0.588. The number of hydrogen-bond acceptors (Lipinski definition) is 3. The van der Waals surface area contributed by atoms with E-state index in [-0.39, 0.29) is 17.9 Å². The summed E-state index contributed by atoms with van der Waals surface area (Å²) in [5.74, 6) is 1.62. The third-order valence-corrected chi connectivity index (χ3v) is 3.77. The number of nitrogens with one attached hydrogen (secondary N) is 1. The maximum Gasteiger partial charge on any atom is 0.257 e. The molecule has 2 amide bonds. The van der Waals surface area contributed by atoms with Gasteiger partial charge < -0.3 is 14.6 Å². The van der Waals surface area contributed by atoms with Gasteiger partial charge in [0.1, 0.15) is 11.5 Å². The van der Waals surface area contributed by atoms with Crippen molar-refractivity contribution in [2.24, 2.45) is 5.92 Å². The first-order valence-electron chi connectivity index (χ1n) is 8.40. The Bertz CT molecular complexity index is 534. The van der Waals surface area contributed by atoms with E-state index >= 15 is 0 Å². The van der Waals surface area contributed by atoms with Gasteiger partial charge in [-0.25, -0.2) is 0 Å². The molecule has 0 aliphatic heterocycles. The number of amides is 2. The average molecular weight is 322 g/mol. The van der Waals surface area contributed by atoms with E-state index in [0.29, 0.717) is 36.8 Å². The molecule has 1 rings (SSSR count). The van der Waals surface area contributed by atoms with Crippen molar-refractivity contribution in [1.29, 1.82) is 0 Å². The van der Waals surface area contributed by atoms with E-state index in [1.165, 1.54) is 0 Å². The van der Waals surface area contributed by atoms with Gasteiger partial charge in [0.25, 0.3) is 5.91 Å². The molecule has 1 atom stereocenters. The molecule has 5 nitrogen and oxygen atoms in total. The van der Waals surface area contributed by atoms with Crippen LogP contribution in [-0.4, -0.2) is 35.8 Å². The molecule has 0 aliphatic rings. The number of rotatable bonds is 8. The van der Waals surface area contributed by atoms with Gasteiger partial charge in [0.05, 0.1) is 5.56 Å².